The highest BCUT2D eigenvalue weighted by molar-refractivity contribution is 6.05. The van der Waals surface area contributed by atoms with E-state index in [2.05, 4.69) is 10.3 Å². The van der Waals surface area contributed by atoms with Gasteiger partial charge in [0.15, 0.2) is 0 Å². The molecule has 0 atom stereocenters. The summed E-state index contributed by atoms with van der Waals surface area (Å²) in [5.41, 5.74) is 4.40. The van der Waals surface area contributed by atoms with Gasteiger partial charge >= 0.3 is 0 Å². The Labute approximate surface area is 139 Å². The van der Waals surface area contributed by atoms with E-state index in [4.69, 9.17) is 10.5 Å². The van der Waals surface area contributed by atoms with Crippen molar-refractivity contribution in [3.05, 3.63) is 65.1 Å². The van der Waals surface area contributed by atoms with Crippen LogP contribution in [0, 0.1) is 19.3 Å². The van der Waals surface area contributed by atoms with Crippen molar-refractivity contribution in [2.45, 2.75) is 13.8 Å². The van der Waals surface area contributed by atoms with Crippen LogP contribution in [0.3, 0.4) is 0 Å². The third-order valence-electron chi connectivity index (χ3n) is 3.89. The average molecular weight is 322 g/mol. The van der Waals surface area contributed by atoms with Gasteiger partial charge in [0.25, 0.3) is 5.91 Å². The second-order valence-corrected chi connectivity index (χ2v) is 5.70. The fraction of sp³-hybridized carbons (Fsp3) is 0.167. The molecule has 2 heterocycles. The summed E-state index contributed by atoms with van der Waals surface area (Å²) in [4.78, 5) is 16.9. The summed E-state index contributed by atoms with van der Waals surface area (Å²) < 4.78 is 1.73. The molecule has 6 nitrogen and oxygen atoms in total. The molecule has 6 heteroatoms. The fourth-order valence-corrected chi connectivity index (χ4v) is 2.47. The van der Waals surface area contributed by atoms with Crippen LogP contribution in [-0.2, 0) is 0 Å². The number of anilines is 1. The van der Waals surface area contributed by atoms with Crippen molar-refractivity contribution in [1.82, 2.24) is 9.38 Å². The van der Waals surface area contributed by atoms with Crippen LogP contribution in [0.5, 0.6) is 0 Å². The third kappa shape index (κ3) is 2.91. The zero-order valence-corrected chi connectivity index (χ0v) is 13.5. The number of nitrogens with one attached hydrogen (secondary N) is 2. The number of aliphatic hydroxyl groups excluding tert-OH is 1. The third-order valence-corrected chi connectivity index (χ3v) is 3.89. The first-order valence-corrected chi connectivity index (χ1v) is 7.54. The number of aryl methyl sites for hydroxylation is 2. The smallest absolute Gasteiger partial charge is 0.274 e. The lowest BCUT2D eigenvalue weighted by Crippen LogP contribution is -2.16. The second kappa shape index (κ2) is 6.25. The van der Waals surface area contributed by atoms with Gasteiger partial charge in [-0.2, -0.15) is 0 Å². The molecule has 3 rings (SSSR count). The maximum Gasteiger partial charge on any atom is 0.274 e. The zero-order valence-electron chi connectivity index (χ0n) is 13.5. The first-order valence-electron chi connectivity index (χ1n) is 7.54. The molecule has 0 spiro atoms. The largest absolute Gasteiger partial charge is 0.390 e. The maximum atomic E-state index is 12.6. The topological polar surface area (TPSA) is 90.5 Å². The van der Waals surface area contributed by atoms with Gasteiger partial charge in [-0.1, -0.05) is 12.1 Å². The van der Waals surface area contributed by atoms with Gasteiger partial charge in [0.2, 0.25) is 0 Å². The van der Waals surface area contributed by atoms with Crippen molar-refractivity contribution >= 4 is 23.0 Å². The second-order valence-electron chi connectivity index (χ2n) is 5.70. The van der Waals surface area contributed by atoms with E-state index in [1.165, 1.54) is 0 Å². The van der Waals surface area contributed by atoms with Crippen molar-refractivity contribution in [1.29, 1.82) is 5.41 Å². The van der Waals surface area contributed by atoms with Crippen LogP contribution >= 0.6 is 0 Å². The molecule has 1 amide bonds. The predicted molar refractivity (Wildman–Crippen MR) is 93.0 cm³/mol. The molecule has 0 unspecified atom stereocenters. The predicted octanol–water partition coefficient (Wildman–Crippen LogP) is 2.56. The zero-order chi connectivity index (χ0) is 17.3. The van der Waals surface area contributed by atoms with Crippen LogP contribution < -0.4 is 5.32 Å². The number of rotatable bonds is 4. The molecule has 24 heavy (non-hydrogen) atoms. The number of hydrogen-bond donors (Lipinski definition) is 3. The minimum atomic E-state index is -0.344. The Hall–Kier alpha value is -2.99. The minimum absolute atomic E-state index is 0.107. The highest BCUT2D eigenvalue weighted by Crippen LogP contribution is 2.19. The Bertz CT molecular complexity index is 943. The Morgan fingerprint density at radius 1 is 1.29 bits per heavy atom. The Kier molecular flexibility index (Phi) is 4.14. The van der Waals surface area contributed by atoms with E-state index in [1.807, 2.05) is 38.2 Å². The first-order chi connectivity index (χ1) is 11.5. The van der Waals surface area contributed by atoms with E-state index in [-0.39, 0.29) is 18.2 Å². The molecule has 0 bridgehead atoms. The number of amides is 1. The van der Waals surface area contributed by atoms with E-state index in [9.17, 15) is 4.79 Å². The summed E-state index contributed by atoms with van der Waals surface area (Å²) in [6.07, 6.45) is 3.36. The molecule has 0 aliphatic rings. The lowest BCUT2D eigenvalue weighted by Gasteiger charge is -2.11. The molecule has 122 valence electrons. The van der Waals surface area contributed by atoms with Gasteiger partial charge in [-0.25, -0.2) is 4.98 Å². The lowest BCUT2D eigenvalue weighted by atomic mass is 10.1. The van der Waals surface area contributed by atoms with Crippen LogP contribution in [0.2, 0.25) is 0 Å². The van der Waals surface area contributed by atoms with Crippen LogP contribution in [-0.4, -0.2) is 32.7 Å². The molecule has 0 fully saturated rings. The highest BCUT2D eigenvalue weighted by Gasteiger charge is 2.14. The number of aliphatic hydroxyl groups is 1. The van der Waals surface area contributed by atoms with Crippen molar-refractivity contribution < 1.29 is 9.90 Å². The summed E-state index contributed by atoms with van der Waals surface area (Å²) in [5.74, 6) is -0.276. The van der Waals surface area contributed by atoms with Gasteiger partial charge in [-0.05, 0) is 48.7 Å². The summed E-state index contributed by atoms with van der Waals surface area (Å²) in [6.45, 7) is 3.50. The van der Waals surface area contributed by atoms with Crippen LogP contribution in [0.4, 0.5) is 5.69 Å². The molecule has 0 saturated heterocycles. The first kappa shape index (κ1) is 15.9. The van der Waals surface area contributed by atoms with Crippen LogP contribution in [0.15, 0.2) is 42.7 Å². The van der Waals surface area contributed by atoms with E-state index < -0.39 is 0 Å². The van der Waals surface area contributed by atoms with E-state index in [0.29, 0.717) is 22.6 Å². The van der Waals surface area contributed by atoms with E-state index in [1.54, 1.807) is 22.7 Å². The molecule has 0 saturated carbocycles. The summed E-state index contributed by atoms with van der Waals surface area (Å²) in [7, 11) is 0. The molecule has 0 radical (unpaired) electrons. The van der Waals surface area contributed by atoms with Crippen molar-refractivity contribution in [2.24, 2.45) is 0 Å². The average Bonchev–Trinajstić information content (AvgIpc) is 2.99. The fourth-order valence-electron chi connectivity index (χ4n) is 2.47. The normalized spacial score (nSPS) is 10.8. The molecule has 3 aromatic rings. The maximum absolute atomic E-state index is 12.6. The van der Waals surface area contributed by atoms with E-state index in [0.717, 1.165) is 11.1 Å². The van der Waals surface area contributed by atoms with Crippen molar-refractivity contribution in [2.75, 3.05) is 11.9 Å². The molecule has 0 aliphatic carbocycles. The standard InChI is InChI=1S/C18H18N4O2/c1-11-5-6-22-16(9-20-17(22)7-11)18(24)21-15-8-13(14(19)10-23)4-3-12(15)2/h3-9,19,23H,10H2,1-2H3,(H,21,24). The quantitative estimate of drug-likeness (QED) is 0.645. The monoisotopic (exact) mass is 322 g/mol. The number of carbonyl (C=O) groups is 1. The summed E-state index contributed by atoms with van der Waals surface area (Å²) >= 11 is 0. The highest BCUT2D eigenvalue weighted by atomic mass is 16.3. The Balaban J connectivity index is 1.93. The number of aromatic nitrogens is 2. The molecule has 3 N–H and O–H groups in total. The summed E-state index contributed by atoms with van der Waals surface area (Å²) in [6, 6.07) is 9.08. The number of benzene rings is 1. The van der Waals surface area contributed by atoms with Gasteiger partial charge < -0.3 is 15.8 Å². The number of nitrogens with zero attached hydrogens (tertiary/aromatic N) is 2. The molecular weight excluding hydrogens is 304 g/mol. The molecular formula is C18H18N4O2. The lowest BCUT2D eigenvalue weighted by molar-refractivity contribution is 0.102. The van der Waals surface area contributed by atoms with Gasteiger partial charge in [0.05, 0.1) is 18.5 Å². The van der Waals surface area contributed by atoms with Crippen molar-refractivity contribution in [3.63, 3.8) is 0 Å². The minimum Gasteiger partial charge on any atom is -0.390 e. The Morgan fingerprint density at radius 3 is 2.83 bits per heavy atom. The number of hydrogen-bond acceptors (Lipinski definition) is 4. The van der Waals surface area contributed by atoms with Gasteiger partial charge in [0.1, 0.15) is 11.3 Å². The summed E-state index contributed by atoms with van der Waals surface area (Å²) in [5, 5.41) is 19.7. The number of imidazole rings is 1. The Morgan fingerprint density at radius 2 is 2.08 bits per heavy atom. The van der Waals surface area contributed by atoms with E-state index >= 15 is 0 Å². The van der Waals surface area contributed by atoms with Crippen molar-refractivity contribution in [3.8, 4) is 0 Å². The SMILES string of the molecule is Cc1ccn2c(C(=O)Nc3cc(C(=N)CO)ccc3C)cnc2c1. The van der Waals surface area contributed by atoms with Gasteiger partial charge in [-0.15, -0.1) is 0 Å². The van der Waals surface area contributed by atoms with Gasteiger partial charge in [0, 0.05) is 11.9 Å². The number of pyridine rings is 1. The molecule has 2 aromatic heterocycles. The number of carbonyl (C=O) groups excluding carboxylic acids is 1. The van der Waals surface area contributed by atoms with Gasteiger partial charge in [-0.3, -0.25) is 9.20 Å². The van der Waals surface area contributed by atoms with Crippen LogP contribution in [0.25, 0.3) is 5.65 Å². The molecule has 1 aromatic carbocycles. The van der Waals surface area contributed by atoms with Crippen LogP contribution in [0.1, 0.15) is 27.2 Å². The number of fused-ring (bicyclic) bond motifs is 1. The molecule has 0 aliphatic heterocycles.